The Hall–Kier alpha value is -1.30. The fourth-order valence-corrected chi connectivity index (χ4v) is 3.43. The Labute approximate surface area is 145 Å². The molecule has 138 valence electrons. The minimum absolute atomic E-state index is 0.195. The van der Waals surface area contributed by atoms with Crippen molar-refractivity contribution in [3.63, 3.8) is 0 Å². The van der Waals surface area contributed by atoms with Gasteiger partial charge >= 0.3 is 6.09 Å². The molecule has 6 heteroatoms. The van der Waals surface area contributed by atoms with Crippen LogP contribution in [0.25, 0.3) is 0 Å². The summed E-state index contributed by atoms with van der Waals surface area (Å²) in [6.45, 7) is 10.7. The van der Waals surface area contributed by atoms with Gasteiger partial charge in [-0.2, -0.15) is 0 Å². The zero-order chi connectivity index (χ0) is 17.9. The van der Waals surface area contributed by atoms with Crippen molar-refractivity contribution < 1.29 is 19.4 Å². The second kappa shape index (κ2) is 7.72. The fraction of sp³-hybridized carbons (Fsp3) is 0.889. The molecule has 2 saturated heterocycles. The summed E-state index contributed by atoms with van der Waals surface area (Å²) in [7, 11) is 0. The largest absolute Gasteiger partial charge is 0.441 e. The average Bonchev–Trinajstić information content (AvgIpc) is 2.80. The van der Waals surface area contributed by atoms with E-state index in [1.807, 2.05) is 13.8 Å². The number of ether oxygens (including phenoxy) is 1. The van der Waals surface area contributed by atoms with Crippen LogP contribution in [-0.2, 0) is 9.53 Å². The van der Waals surface area contributed by atoms with Crippen LogP contribution in [0.1, 0.15) is 53.4 Å². The third kappa shape index (κ3) is 4.62. The van der Waals surface area contributed by atoms with E-state index in [0.717, 1.165) is 13.0 Å². The van der Waals surface area contributed by atoms with E-state index in [1.54, 1.807) is 9.80 Å². The van der Waals surface area contributed by atoms with Crippen LogP contribution in [0.2, 0.25) is 0 Å². The van der Waals surface area contributed by atoms with E-state index >= 15 is 0 Å². The van der Waals surface area contributed by atoms with Crippen LogP contribution in [0.3, 0.4) is 0 Å². The van der Waals surface area contributed by atoms with E-state index in [1.165, 1.54) is 0 Å². The van der Waals surface area contributed by atoms with Crippen molar-refractivity contribution in [3.05, 3.63) is 0 Å². The van der Waals surface area contributed by atoms with Gasteiger partial charge < -0.3 is 19.6 Å². The molecule has 0 aromatic heterocycles. The number of aliphatic hydroxyl groups is 1. The molecule has 1 atom stereocenters. The third-order valence-electron chi connectivity index (χ3n) is 4.98. The predicted molar refractivity (Wildman–Crippen MR) is 91.5 cm³/mol. The highest BCUT2D eigenvalue weighted by Gasteiger charge is 2.47. The fourth-order valence-electron chi connectivity index (χ4n) is 3.43. The Bertz CT molecular complexity index is 456. The number of likely N-dealkylation sites (tertiary alicyclic amines) is 1. The lowest BCUT2D eigenvalue weighted by Crippen LogP contribution is -2.51. The molecule has 0 saturated carbocycles. The molecule has 2 aliphatic heterocycles. The monoisotopic (exact) mass is 340 g/mol. The highest BCUT2D eigenvalue weighted by atomic mass is 16.6. The molecule has 1 spiro atoms. The number of carbonyl (C=O) groups is 2. The van der Waals surface area contributed by atoms with E-state index in [0.29, 0.717) is 44.8 Å². The number of nitrogens with zero attached hydrogens (tertiary/aromatic N) is 2. The molecule has 2 heterocycles. The maximum absolute atomic E-state index is 12.3. The second-order valence-electron chi connectivity index (χ2n) is 8.13. The van der Waals surface area contributed by atoms with Gasteiger partial charge in [0.25, 0.3) is 5.91 Å². The molecule has 0 aromatic carbocycles. The number of hydrogen-bond donors (Lipinski definition) is 1. The number of carbonyl (C=O) groups excluding carboxylic acids is 2. The molecular formula is C18H32N2O4. The Morgan fingerprint density at radius 1 is 1.21 bits per heavy atom. The average molecular weight is 340 g/mol. The third-order valence-corrected chi connectivity index (χ3v) is 4.98. The summed E-state index contributed by atoms with van der Waals surface area (Å²) in [4.78, 5) is 27.9. The molecule has 0 aromatic rings. The van der Waals surface area contributed by atoms with Crippen LogP contribution in [0.15, 0.2) is 0 Å². The van der Waals surface area contributed by atoms with Crippen molar-refractivity contribution in [3.8, 4) is 0 Å². The van der Waals surface area contributed by atoms with E-state index in [9.17, 15) is 14.7 Å². The number of piperidine rings is 1. The van der Waals surface area contributed by atoms with Crippen molar-refractivity contribution in [2.75, 3.05) is 26.2 Å². The maximum atomic E-state index is 12.3. The molecule has 2 aliphatic rings. The first kappa shape index (κ1) is 19.0. The zero-order valence-electron chi connectivity index (χ0n) is 15.5. The van der Waals surface area contributed by atoms with Crippen molar-refractivity contribution in [2.45, 2.75) is 65.1 Å². The molecule has 1 unspecified atom stereocenters. The first-order valence-electron chi connectivity index (χ1n) is 9.17. The van der Waals surface area contributed by atoms with Crippen LogP contribution < -0.4 is 0 Å². The van der Waals surface area contributed by atoms with Crippen LogP contribution >= 0.6 is 0 Å². The first-order valence-corrected chi connectivity index (χ1v) is 9.17. The molecule has 0 radical (unpaired) electrons. The highest BCUT2D eigenvalue weighted by molar-refractivity contribution is 5.80. The van der Waals surface area contributed by atoms with E-state index in [4.69, 9.17) is 4.74 Å². The van der Waals surface area contributed by atoms with Crippen LogP contribution in [0.4, 0.5) is 4.79 Å². The highest BCUT2D eigenvalue weighted by Crippen LogP contribution is 2.33. The van der Waals surface area contributed by atoms with Gasteiger partial charge in [0.1, 0.15) is 11.7 Å². The van der Waals surface area contributed by atoms with Gasteiger partial charge in [-0.15, -0.1) is 0 Å². The zero-order valence-corrected chi connectivity index (χ0v) is 15.5. The van der Waals surface area contributed by atoms with Crippen molar-refractivity contribution in [2.24, 2.45) is 11.8 Å². The lowest BCUT2D eigenvalue weighted by Gasteiger charge is -2.38. The van der Waals surface area contributed by atoms with Crippen LogP contribution in [-0.4, -0.2) is 64.8 Å². The van der Waals surface area contributed by atoms with E-state index in [-0.39, 0.29) is 17.9 Å². The lowest BCUT2D eigenvalue weighted by atomic mass is 9.90. The van der Waals surface area contributed by atoms with Crippen molar-refractivity contribution >= 4 is 12.0 Å². The van der Waals surface area contributed by atoms with Gasteiger partial charge in [0, 0.05) is 32.5 Å². The minimum Gasteiger partial charge on any atom is -0.441 e. The maximum Gasteiger partial charge on any atom is 0.410 e. The summed E-state index contributed by atoms with van der Waals surface area (Å²) < 4.78 is 5.67. The predicted octanol–water partition coefficient (Wildman–Crippen LogP) is 2.25. The Morgan fingerprint density at radius 2 is 1.83 bits per heavy atom. The quantitative estimate of drug-likeness (QED) is 0.805. The summed E-state index contributed by atoms with van der Waals surface area (Å²) in [6, 6.07) is 0. The molecule has 24 heavy (non-hydrogen) atoms. The first-order chi connectivity index (χ1) is 11.2. The smallest absolute Gasteiger partial charge is 0.410 e. The Morgan fingerprint density at radius 3 is 2.38 bits per heavy atom. The van der Waals surface area contributed by atoms with E-state index in [2.05, 4.69) is 13.8 Å². The summed E-state index contributed by atoms with van der Waals surface area (Å²) >= 11 is 0. The van der Waals surface area contributed by atoms with Gasteiger partial charge in [0.15, 0.2) is 0 Å². The summed E-state index contributed by atoms with van der Waals surface area (Å²) in [5, 5.41) is 10.0. The molecule has 0 bridgehead atoms. The normalized spacial score (nSPS) is 21.7. The van der Waals surface area contributed by atoms with Crippen molar-refractivity contribution in [1.82, 2.24) is 9.80 Å². The SMILES string of the molecule is CC(C)CCN1CC2(CCN(C(=O)C(O)CC(C)C)CC2)OC1=O. The number of aliphatic hydroxyl groups excluding tert-OH is 1. The molecule has 0 aliphatic carbocycles. The molecule has 2 fully saturated rings. The molecule has 2 amide bonds. The van der Waals surface area contributed by atoms with Gasteiger partial charge in [-0.05, 0) is 24.7 Å². The topological polar surface area (TPSA) is 70.1 Å². The molecule has 1 N–H and O–H groups in total. The second-order valence-corrected chi connectivity index (χ2v) is 8.13. The number of amides is 2. The minimum atomic E-state index is -0.923. The van der Waals surface area contributed by atoms with Crippen LogP contribution in [0.5, 0.6) is 0 Å². The molecular weight excluding hydrogens is 308 g/mol. The Balaban J connectivity index is 1.86. The van der Waals surface area contributed by atoms with Crippen LogP contribution in [0, 0.1) is 11.8 Å². The lowest BCUT2D eigenvalue weighted by molar-refractivity contribution is -0.144. The molecule has 2 rings (SSSR count). The summed E-state index contributed by atoms with van der Waals surface area (Å²) in [5.74, 6) is 0.640. The van der Waals surface area contributed by atoms with Gasteiger partial charge in [-0.1, -0.05) is 27.7 Å². The van der Waals surface area contributed by atoms with Gasteiger partial charge in [0.05, 0.1) is 6.54 Å². The summed E-state index contributed by atoms with van der Waals surface area (Å²) in [5.41, 5.74) is -0.451. The molecule has 6 nitrogen and oxygen atoms in total. The number of rotatable bonds is 6. The van der Waals surface area contributed by atoms with E-state index < -0.39 is 11.7 Å². The van der Waals surface area contributed by atoms with Gasteiger partial charge in [-0.3, -0.25) is 4.79 Å². The standard InChI is InChI=1S/C18H32N2O4/c1-13(2)5-8-20-12-18(24-17(20)23)6-9-19(10-7-18)16(22)15(21)11-14(3)4/h13-15,21H,5-12H2,1-4H3. The number of hydrogen-bond acceptors (Lipinski definition) is 4. The van der Waals surface area contributed by atoms with Crippen molar-refractivity contribution in [1.29, 1.82) is 0 Å². The Kier molecular flexibility index (Phi) is 6.12. The van der Waals surface area contributed by atoms with Gasteiger partial charge in [-0.25, -0.2) is 4.79 Å². The summed E-state index contributed by atoms with van der Waals surface area (Å²) in [6.07, 6.45) is 1.60. The van der Waals surface area contributed by atoms with Gasteiger partial charge in [0.2, 0.25) is 0 Å².